The topological polar surface area (TPSA) is 77.8 Å². The first-order valence-electron chi connectivity index (χ1n) is 10.0. The average molecular weight is 409 g/mol. The van der Waals surface area contributed by atoms with Gasteiger partial charge in [0.2, 0.25) is 5.76 Å². The molecule has 6 nitrogen and oxygen atoms in total. The number of hydrogen-bond acceptors (Lipinski definition) is 5. The van der Waals surface area contributed by atoms with Crippen molar-refractivity contribution in [3.05, 3.63) is 71.5 Å². The number of fused-ring (bicyclic) bond motifs is 1. The summed E-state index contributed by atoms with van der Waals surface area (Å²) in [6.07, 6.45) is 0.702. The number of hydrogen-bond donors (Lipinski definition) is 1. The van der Waals surface area contributed by atoms with E-state index >= 15 is 0 Å². The first-order chi connectivity index (χ1) is 14.5. The van der Waals surface area contributed by atoms with Gasteiger partial charge in [0.05, 0.1) is 6.61 Å². The van der Waals surface area contributed by atoms with Crippen molar-refractivity contribution in [2.75, 3.05) is 7.11 Å². The minimum atomic E-state index is -0.944. The Morgan fingerprint density at radius 1 is 1.03 bits per heavy atom. The molecule has 158 valence electrons. The Morgan fingerprint density at radius 2 is 1.73 bits per heavy atom. The molecule has 3 rings (SSSR count). The number of carbonyl (C=O) groups is 2. The molecule has 1 N–H and O–H groups in total. The number of aryl methyl sites for hydroxylation is 1. The number of para-hydroxylation sites is 1. The largest absolute Gasteiger partial charge is 0.449 e. The maximum atomic E-state index is 12.7. The first kappa shape index (κ1) is 21.6. The Kier molecular flexibility index (Phi) is 7.25. The van der Waals surface area contributed by atoms with Gasteiger partial charge in [-0.15, -0.1) is 0 Å². The molecule has 0 radical (unpaired) electrons. The normalized spacial score (nSPS) is 13.0. The summed E-state index contributed by atoms with van der Waals surface area (Å²) >= 11 is 0. The summed E-state index contributed by atoms with van der Waals surface area (Å²) in [5, 5.41) is 3.69. The van der Waals surface area contributed by atoms with Gasteiger partial charge in [-0.05, 0) is 38.3 Å². The summed E-state index contributed by atoms with van der Waals surface area (Å²) in [6, 6.07) is 17.4. The van der Waals surface area contributed by atoms with Gasteiger partial charge in [-0.25, -0.2) is 4.79 Å². The molecule has 1 heterocycles. The molecule has 1 amide bonds. The Bertz CT molecular complexity index is 995. The number of ether oxygens (including phenoxy) is 2. The summed E-state index contributed by atoms with van der Waals surface area (Å²) < 4.78 is 16.3. The third kappa shape index (κ3) is 5.27. The predicted molar refractivity (Wildman–Crippen MR) is 114 cm³/mol. The summed E-state index contributed by atoms with van der Waals surface area (Å²) in [6.45, 7) is 3.69. The quantitative estimate of drug-likeness (QED) is 0.534. The predicted octanol–water partition coefficient (Wildman–Crippen LogP) is 4.26. The van der Waals surface area contributed by atoms with Gasteiger partial charge in [0.1, 0.15) is 5.58 Å². The molecule has 3 aromatic rings. The van der Waals surface area contributed by atoms with E-state index in [2.05, 4.69) is 17.4 Å². The fourth-order valence-electron chi connectivity index (χ4n) is 3.28. The number of benzene rings is 2. The van der Waals surface area contributed by atoms with Gasteiger partial charge in [-0.2, -0.15) is 0 Å². The van der Waals surface area contributed by atoms with Gasteiger partial charge in [0.25, 0.3) is 5.91 Å². The van der Waals surface area contributed by atoms with Gasteiger partial charge >= 0.3 is 5.97 Å². The second kappa shape index (κ2) is 10.1. The Morgan fingerprint density at radius 3 is 2.47 bits per heavy atom. The zero-order valence-electron chi connectivity index (χ0n) is 17.5. The highest BCUT2D eigenvalue weighted by Gasteiger charge is 2.26. The standard InChI is InChI=1S/C24H27NO5/c1-16(13-14-18-9-5-4-6-10-18)25-23(26)17(2)29-24(27)22-20(15-28-3)19-11-7-8-12-21(19)30-22/h4-12,16-17H,13-15H2,1-3H3,(H,25,26)/t16-,17+/m0/s1. The van der Waals surface area contributed by atoms with Crippen LogP contribution >= 0.6 is 0 Å². The van der Waals surface area contributed by atoms with Crippen molar-refractivity contribution in [1.29, 1.82) is 0 Å². The maximum Gasteiger partial charge on any atom is 0.375 e. The average Bonchev–Trinajstić information content (AvgIpc) is 3.12. The smallest absolute Gasteiger partial charge is 0.375 e. The van der Waals surface area contributed by atoms with E-state index in [0.717, 1.165) is 18.2 Å². The molecule has 0 unspecified atom stereocenters. The molecule has 0 bridgehead atoms. The van der Waals surface area contributed by atoms with Gasteiger partial charge < -0.3 is 19.2 Å². The van der Waals surface area contributed by atoms with Gasteiger partial charge in [0, 0.05) is 24.1 Å². The third-order valence-corrected chi connectivity index (χ3v) is 4.92. The van der Waals surface area contributed by atoms with E-state index in [-0.39, 0.29) is 24.3 Å². The highest BCUT2D eigenvalue weighted by molar-refractivity contribution is 5.97. The van der Waals surface area contributed by atoms with Crippen LogP contribution in [0.1, 0.15) is 41.9 Å². The number of furan rings is 1. The fraction of sp³-hybridized carbons (Fsp3) is 0.333. The zero-order chi connectivity index (χ0) is 21.5. The van der Waals surface area contributed by atoms with E-state index in [1.165, 1.54) is 5.56 Å². The van der Waals surface area contributed by atoms with Crippen LogP contribution < -0.4 is 5.32 Å². The Labute approximate surface area is 176 Å². The highest BCUT2D eigenvalue weighted by Crippen LogP contribution is 2.27. The molecule has 0 saturated heterocycles. The summed E-state index contributed by atoms with van der Waals surface area (Å²) in [7, 11) is 1.55. The summed E-state index contributed by atoms with van der Waals surface area (Å²) in [5.41, 5.74) is 2.40. The van der Waals surface area contributed by atoms with Crippen LogP contribution in [0.2, 0.25) is 0 Å². The minimum Gasteiger partial charge on any atom is -0.449 e. The lowest BCUT2D eigenvalue weighted by Crippen LogP contribution is -2.41. The molecule has 0 aliphatic rings. The van der Waals surface area contributed by atoms with Crippen LogP contribution in [0.4, 0.5) is 0 Å². The minimum absolute atomic E-state index is 0.0471. The third-order valence-electron chi connectivity index (χ3n) is 4.92. The lowest BCUT2D eigenvalue weighted by molar-refractivity contribution is -0.129. The second-order valence-electron chi connectivity index (χ2n) is 7.32. The highest BCUT2D eigenvalue weighted by atomic mass is 16.6. The number of nitrogens with one attached hydrogen (secondary N) is 1. The van der Waals surface area contributed by atoms with Gasteiger partial charge in [0.15, 0.2) is 6.10 Å². The molecule has 0 aliphatic carbocycles. The molecule has 2 atom stereocenters. The van der Waals surface area contributed by atoms with Crippen molar-refractivity contribution in [2.45, 2.75) is 45.4 Å². The van der Waals surface area contributed by atoms with Crippen molar-refractivity contribution in [2.24, 2.45) is 0 Å². The van der Waals surface area contributed by atoms with E-state index in [4.69, 9.17) is 13.9 Å². The zero-order valence-corrected chi connectivity index (χ0v) is 17.5. The molecule has 0 aliphatic heterocycles. The first-order valence-corrected chi connectivity index (χ1v) is 10.0. The van der Waals surface area contributed by atoms with Crippen LogP contribution in [0.15, 0.2) is 59.0 Å². The van der Waals surface area contributed by atoms with Crippen molar-refractivity contribution in [3.8, 4) is 0 Å². The number of methoxy groups -OCH3 is 1. The lowest BCUT2D eigenvalue weighted by Gasteiger charge is -2.18. The molecule has 1 aromatic heterocycles. The molecule has 6 heteroatoms. The Balaban J connectivity index is 1.59. The van der Waals surface area contributed by atoms with Crippen molar-refractivity contribution in [3.63, 3.8) is 0 Å². The molecule has 30 heavy (non-hydrogen) atoms. The number of esters is 1. The fourth-order valence-corrected chi connectivity index (χ4v) is 3.28. The monoisotopic (exact) mass is 409 g/mol. The molecule has 0 fully saturated rings. The molecular formula is C24H27NO5. The van der Waals surface area contributed by atoms with Crippen LogP contribution in [-0.2, 0) is 27.3 Å². The van der Waals surface area contributed by atoms with Crippen LogP contribution in [0.3, 0.4) is 0 Å². The van der Waals surface area contributed by atoms with Gasteiger partial charge in [-0.1, -0.05) is 48.5 Å². The van der Waals surface area contributed by atoms with Crippen molar-refractivity contribution in [1.82, 2.24) is 5.32 Å². The van der Waals surface area contributed by atoms with E-state index in [1.807, 2.05) is 43.3 Å². The second-order valence-corrected chi connectivity index (χ2v) is 7.32. The SMILES string of the molecule is COCc1c(C(=O)O[C@H](C)C(=O)N[C@@H](C)CCc2ccccc2)oc2ccccc12. The van der Waals surface area contributed by atoms with E-state index in [1.54, 1.807) is 20.1 Å². The Hall–Kier alpha value is -3.12. The van der Waals surface area contributed by atoms with Crippen molar-refractivity contribution < 1.29 is 23.5 Å². The van der Waals surface area contributed by atoms with E-state index < -0.39 is 12.1 Å². The van der Waals surface area contributed by atoms with Crippen LogP contribution in [0, 0.1) is 0 Å². The molecular weight excluding hydrogens is 382 g/mol. The maximum absolute atomic E-state index is 12.7. The molecule has 0 spiro atoms. The summed E-state index contributed by atoms with van der Waals surface area (Å²) in [5.74, 6) is -0.957. The number of rotatable bonds is 9. The van der Waals surface area contributed by atoms with Crippen LogP contribution in [0.5, 0.6) is 0 Å². The van der Waals surface area contributed by atoms with Crippen LogP contribution in [-0.4, -0.2) is 31.1 Å². The van der Waals surface area contributed by atoms with Crippen LogP contribution in [0.25, 0.3) is 11.0 Å². The number of carbonyl (C=O) groups excluding carboxylic acids is 2. The van der Waals surface area contributed by atoms with E-state index in [0.29, 0.717) is 11.1 Å². The molecule has 2 aromatic carbocycles. The lowest BCUT2D eigenvalue weighted by atomic mass is 10.1. The molecule has 0 saturated carbocycles. The van der Waals surface area contributed by atoms with Crippen molar-refractivity contribution >= 4 is 22.8 Å². The summed E-state index contributed by atoms with van der Waals surface area (Å²) in [4.78, 5) is 25.1. The van der Waals surface area contributed by atoms with Gasteiger partial charge in [-0.3, -0.25) is 4.79 Å². The number of amides is 1. The van der Waals surface area contributed by atoms with E-state index in [9.17, 15) is 9.59 Å².